The van der Waals surface area contributed by atoms with E-state index in [1.165, 1.54) is 0 Å². The molecule has 0 aromatic heterocycles. The molecule has 3 nitrogen and oxygen atoms in total. The van der Waals surface area contributed by atoms with Crippen molar-refractivity contribution in [2.24, 2.45) is 0 Å². The molecule has 0 atom stereocenters. The van der Waals surface area contributed by atoms with Gasteiger partial charge in [-0.1, -0.05) is 31.5 Å². The molecule has 0 saturated heterocycles. The van der Waals surface area contributed by atoms with E-state index in [-0.39, 0.29) is 5.91 Å². The maximum Gasteiger partial charge on any atom is 0.256 e. The van der Waals surface area contributed by atoms with Crippen molar-refractivity contribution >= 4 is 34.8 Å². The summed E-state index contributed by atoms with van der Waals surface area (Å²) in [4.78, 5) is 12.4. The molecule has 1 amide bonds. The lowest BCUT2D eigenvalue weighted by Gasteiger charge is -2.13. The first-order chi connectivity index (χ1) is 11.4. The van der Waals surface area contributed by atoms with Gasteiger partial charge in [0.05, 0.1) is 7.11 Å². The summed E-state index contributed by atoms with van der Waals surface area (Å²) in [5.74, 6) is 1.10. The molecular formula is C20H20ClNO2. The number of hydrogen-bond acceptors (Lipinski definition) is 2. The Hall–Kier alpha value is -2.26. The van der Waals surface area contributed by atoms with Crippen molar-refractivity contribution in [1.82, 2.24) is 0 Å². The lowest BCUT2D eigenvalue weighted by Crippen LogP contribution is -2.03. The highest BCUT2D eigenvalue weighted by molar-refractivity contribution is 6.37. The minimum Gasteiger partial charge on any atom is -0.496 e. The molecule has 2 aromatic rings. The second-order valence-electron chi connectivity index (χ2n) is 6.26. The van der Waals surface area contributed by atoms with Crippen LogP contribution in [0.3, 0.4) is 0 Å². The molecule has 0 spiro atoms. The zero-order chi connectivity index (χ0) is 17.4. The maximum atomic E-state index is 12.4. The highest BCUT2D eigenvalue weighted by Crippen LogP contribution is 2.39. The smallest absolute Gasteiger partial charge is 0.256 e. The molecule has 124 valence electrons. The van der Waals surface area contributed by atoms with Crippen molar-refractivity contribution in [3.05, 3.63) is 57.6 Å². The van der Waals surface area contributed by atoms with Crippen LogP contribution in [-0.2, 0) is 4.79 Å². The average molecular weight is 342 g/mol. The van der Waals surface area contributed by atoms with Crippen molar-refractivity contribution in [2.45, 2.75) is 26.7 Å². The van der Waals surface area contributed by atoms with Gasteiger partial charge in [-0.15, -0.1) is 0 Å². The average Bonchev–Trinajstić information content (AvgIpc) is 2.87. The first-order valence-electron chi connectivity index (χ1n) is 7.92. The Morgan fingerprint density at radius 1 is 1.21 bits per heavy atom. The van der Waals surface area contributed by atoms with Crippen molar-refractivity contribution in [3.8, 4) is 5.75 Å². The second-order valence-corrected chi connectivity index (χ2v) is 6.67. The fourth-order valence-electron chi connectivity index (χ4n) is 3.04. The van der Waals surface area contributed by atoms with Gasteiger partial charge in [0.25, 0.3) is 5.91 Å². The fourth-order valence-corrected chi connectivity index (χ4v) is 3.20. The first kappa shape index (κ1) is 16.6. The van der Waals surface area contributed by atoms with E-state index in [0.717, 1.165) is 33.7 Å². The van der Waals surface area contributed by atoms with E-state index >= 15 is 0 Å². The SMILES string of the molecule is COc1ccc(/C=C2\C(=O)Nc3ccc(Cl)c(C)c32)cc1C(C)C. The number of hydrogen-bond donors (Lipinski definition) is 1. The van der Waals surface area contributed by atoms with Crippen molar-refractivity contribution in [1.29, 1.82) is 0 Å². The monoisotopic (exact) mass is 341 g/mol. The van der Waals surface area contributed by atoms with E-state index in [2.05, 4.69) is 25.2 Å². The lowest BCUT2D eigenvalue weighted by atomic mass is 9.96. The van der Waals surface area contributed by atoms with Crippen LogP contribution in [0.2, 0.25) is 5.02 Å². The molecule has 1 aliphatic heterocycles. The number of nitrogens with one attached hydrogen (secondary N) is 1. The molecule has 1 aliphatic rings. The predicted molar refractivity (Wildman–Crippen MR) is 99.8 cm³/mol. The molecule has 0 aliphatic carbocycles. The summed E-state index contributed by atoms with van der Waals surface area (Å²) in [6, 6.07) is 9.63. The van der Waals surface area contributed by atoms with Crippen molar-refractivity contribution in [3.63, 3.8) is 0 Å². The molecule has 4 heteroatoms. The summed E-state index contributed by atoms with van der Waals surface area (Å²) >= 11 is 6.23. The van der Waals surface area contributed by atoms with E-state index in [0.29, 0.717) is 16.5 Å². The number of rotatable bonds is 3. The summed E-state index contributed by atoms with van der Waals surface area (Å²) < 4.78 is 5.43. The number of benzene rings is 2. The topological polar surface area (TPSA) is 38.3 Å². The van der Waals surface area contributed by atoms with Crippen molar-refractivity contribution < 1.29 is 9.53 Å². The Bertz CT molecular complexity index is 853. The van der Waals surface area contributed by atoms with Gasteiger partial charge in [-0.05, 0) is 59.9 Å². The van der Waals surface area contributed by atoms with Crippen LogP contribution in [0.5, 0.6) is 5.75 Å². The van der Waals surface area contributed by atoms with Gasteiger partial charge < -0.3 is 10.1 Å². The predicted octanol–water partition coefficient (Wildman–Crippen LogP) is 5.27. The van der Waals surface area contributed by atoms with Crippen LogP contribution in [0, 0.1) is 6.92 Å². The Morgan fingerprint density at radius 2 is 1.96 bits per heavy atom. The number of ether oxygens (including phenoxy) is 1. The molecule has 1 N–H and O–H groups in total. The number of anilines is 1. The van der Waals surface area contributed by atoms with E-state index < -0.39 is 0 Å². The van der Waals surface area contributed by atoms with Crippen LogP contribution in [0.25, 0.3) is 11.6 Å². The number of amides is 1. The summed E-state index contributed by atoms with van der Waals surface area (Å²) in [5, 5.41) is 3.57. The third kappa shape index (κ3) is 2.80. The minimum absolute atomic E-state index is 0.0997. The molecule has 0 unspecified atom stereocenters. The van der Waals surface area contributed by atoms with Gasteiger partial charge in [0.1, 0.15) is 5.75 Å². The molecule has 0 fully saturated rings. The summed E-state index contributed by atoms with van der Waals surface area (Å²) in [6.45, 7) is 6.18. The first-order valence-corrected chi connectivity index (χ1v) is 8.30. The van der Waals surface area contributed by atoms with Crippen LogP contribution in [0.1, 0.15) is 42.0 Å². The maximum absolute atomic E-state index is 12.4. The standard InChI is InChI=1S/C20H20ClNO2/c1-11(2)14-9-13(5-8-18(14)24-4)10-15-19-12(3)16(21)6-7-17(19)22-20(15)23/h5-11H,1-4H3,(H,22,23)/b15-10-. The lowest BCUT2D eigenvalue weighted by molar-refractivity contribution is -0.110. The molecule has 3 rings (SSSR count). The largest absolute Gasteiger partial charge is 0.496 e. The van der Waals surface area contributed by atoms with Crippen LogP contribution >= 0.6 is 11.6 Å². The Labute approximate surface area is 147 Å². The van der Waals surface area contributed by atoms with E-state index in [1.54, 1.807) is 7.11 Å². The van der Waals surface area contributed by atoms with E-state index in [1.807, 2.05) is 37.3 Å². The number of fused-ring (bicyclic) bond motifs is 1. The van der Waals surface area contributed by atoms with Gasteiger partial charge in [0.15, 0.2) is 0 Å². The minimum atomic E-state index is -0.0997. The number of methoxy groups -OCH3 is 1. The zero-order valence-corrected chi connectivity index (χ0v) is 15.0. The van der Waals surface area contributed by atoms with Crippen LogP contribution in [-0.4, -0.2) is 13.0 Å². The summed E-state index contributed by atoms with van der Waals surface area (Å²) in [5.41, 5.74) is 5.34. The molecule has 24 heavy (non-hydrogen) atoms. The normalized spacial score (nSPS) is 14.9. The molecule has 0 radical (unpaired) electrons. The number of carbonyl (C=O) groups is 1. The van der Waals surface area contributed by atoms with Gasteiger partial charge in [0, 0.05) is 21.8 Å². The van der Waals surface area contributed by atoms with Crippen LogP contribution < -0.4 is 10.1 Å². The van der Waals surface area contributed by atoms with E-state index in [9.17, 15) is 4.79 Å². The van der Waals surface area contributed by atoms with Crippen molar-refractivity contribution in [2.75, 3.05) is 12.4 Å². The van der Waals surface area contributed by atoms with Gasteiger partial charge in [-0.3, -0.25) is 4.79 Å². The third-order valence-corrected chi connectivity index (χ3v) is 4.76. The van der Waals surface area contributed by atoms with Gasteiger partial charge in [-0.25, -0.2) is 0 Å². The second kappa shape index (κ2) is 6.33. The summed E-state index contributed by atoms with van der Waals surface area (Å²) in [6.07, 6.45) is 1.91. The van der Waals surface area contributed by atoms with Crippen LogP contribution in [0.4, 0.5) is 5.69 Å². The molecule has 0 bridgehead atoms. The highest BCUT2D eigenvalue weighted by Gasteiger charge is 2.26. The number of carbonyl (C=O) groups excluding carboxylic acids is 1. The van der Waals surface area contributed by atoms with Gasteiger partial charge in [-0.2, -0.15) is 0 Å². The zero-order valence-electron chi connectivity index (χ0n) is 14.2. The van der Waals surface area contributed by atoms with Gasteiger partial charge >= 0.3 is 0 Å². The van der Waals surface area contributed by atoms with Crippen LogP contribution in [0.15, 0.2) is 30.3 Å². The molecular weight excluding hydrogens is 322 g/mol. The molecule has 1 heterocycles. The molecule has 0 saturated carbocycles. The third-order valence-electron chi connectivity index (χ3n) is 4.35. The van der Waals surface area contributed by atoms with Gasteiger partial charge in [0.2, 0.25) is 0 Å². The highest BCUT2D eigenvalue weighted by atomic mass is 35.5. The fraction of sp³-hybridized carbons (Fsp3) is 0.250. The molecule has 2 aromatic carbocycles. The Morgan fingerprint density at radius 3 is 2.62 bits per heavy atom. The van der Waals surface area contributed by atoms with E-state index in [4.69, 9.17) is 16.3 Å². The quantitative estimate of drug-likeness (QED) is 0.772. The Kier molecular flexibility index (Phi) is 4.37. The number of halogens is 1. The summed E-state index contributed by atoms with van der Waals surface area (Å²) in [7, 11) is 1.67. The Balaban J connectivity index is 2.12.